The van der Waals surface area contributed by atoms with Gasteiger partial charge in [0.2, 0.25) is 0 Å². The molecule has 1 fully saturated rings. The van der Waals surface area contributed by atoms with E-state index in [1.54, 1.807) is 19.2 Å². The highest BCUT2D eigenvalue weighted by molar-refractivity contribution is 7.80. The van der Waals surface area contributed by atoms with Gasteiger partial charge < -0.3 is 25.2 Å². The molecule has 25 heavy (non-hydrogen) atoms. The molecule has 8 nitrogen and oxygen atoms in total. The van der Waals surface area contributed by atoms with Crippen molar-refractivity contribution in [1.29, 1.82) is 0 Å². The van der Waals surface area contributed by atoms with E-state index in [4.69, 9.17) is 12.2 Å². The molecule has 0 radical (unpaired) electrons. The second-order valence-electron chi connectivity index (χ2n) is 5.36. The summed E-state index contributed by atoms with van der Waals surface area (Å²) in [5, 5.41) is 6.05. The number of hydrogen-bond donors (Lipinski definition) is 2. The van der Waals surface area contributed by atoms with Crippen LogP contribution in [0.3, 0.4) is 0 Å². The van der Waals surface area contributed by atoms with Crippen LogP contribution < -0.4 is 10.6 Å². The number of nitrogens with one attached hydrogen (secondary N) is 2. The smallest absolute Gasteiger partial charge is 0.337 e. The lowest BCUT2D eigenvalue weighted by atomic mass is 10.2. The number of carbonyl (C=O) groups excluding carboxylic acids is 3. The molecule has 0 aliphatic carbocycles. The Morgan fingerprint density at radius 3 is 2.12 bits per heavy atom. The molecule has 0 spiro atoms. The minimum absolute atomic E-state index is 0.364. The van der Waals surface area contributed by atoms with E-state index in [0.29, 0.717) is 42.5 Å². The molecule has 134 valence electrons. The molecule has 1 aromatic rings. The van der Waals surface area contributed by atoms with E-state index in [9.17, 15) is 14.4 Å². The number of esters is 1. The zero-order valence-corrected chi connectivity index (χ0v) is 14.9. The number of piperazine rings is 1. The molecule has 9 heteroatoms. The molecule has 1 aliphatic heterocycles. The van der Waals surface area contributed by atoms with Gasteiger partial charge in [-0.2, -0.15) is 0 Å². The predicted octanol–water partition coefficient (Wildman–Crippen LogP) is 0.0602. The SMILES string of the molecule is CNC(=S)N1CCN(C(=O)C(=O)Nc2ccc(C(=O)OC)cc2)CC1. The maximum absolute atomic E-state index is 12.2. The van der Waals surface area contributed by atoms with Gasteiger partial charge in [-0.05, 0) is 36.5 Å². The van der Waals surface area contributed by atoms with E-state index in [1.165, 1.54) is 24.1 Å². The number of nitrogens with zero attached hydrogens (tertiary/aromatic N) is 2. The van der Waals surface area contributed by atoms with Gasteiger partial charge >= 0.3 is 17.8 Å². The number of hydrogen-bond acceptors (Lipinski definition) is 5. The first-order valence-corrected chi connectivity index (χ1v) is 8.12. The lowest BCUT2D eigenvalue weighted by molar-refractivity contribution is -0.144. The van der Waals surface area contributed by atoms with Gasteiger partial charge in [0.15, 0.2) is 5.11 Å². The number of methoxy groups -OCH3 is 1. The monoisotopic (exact) mass is 364 g/mol. The Hall–Kier alpha value is -2.68. The van der Waals surface area contributed by atoms with E-state index in [2.05, 4.69) is 15.4 Å². The number of anilines is 1. The Morgan fingerprint density at radius 1 is 1.04 bits per heavy atom. The minimum Gasteiger partial charge on any atom is -0.465 e. The summed E-state index contributed by atoms with van der Waals surface area (Å²) in [5.41, 5.74) is 0.796. The van der Waals surface area contributed by atoms with Crippen molar-refractivity contribution >= 4 is 40.8 Å². The highest BCUT2D eigenvalue weighted by Gasteiger charge is 2.26. The van der Waals surface area contributed by atoms with Crippen LogP contribution in [-0.4, -0.2) is 73.0 Å². The van der Waals surface area contributed by atoms with Crippen LogP contribution >= 0.6 is 12.2 Å². The highest BCUT2D eigenvalue weighted by Crippen LogP contribution is 2.11. The van der Waals surface area contributed by atoms with Crippen LogP contribution in [0.2, 0.25) is 0 Å². The van der Waals surface area contributed by atoms with Crippen LogP contribution in [0.15, 0.2) is 24.3 Å². The molecule has 1 aliphatic rings. The minimum atomic E-state index is -0.713. The Bertz CT molecular complexity index is 669. The average Bonchev–Trinajstić information content (AvgIpc) is 2.66. The van der Waals surface area contributed by atoms with Crippen molar-refractivity contribution < 1.29 is 19.1 Å². The summed E-state index contributed by atoms with van der Waals surface area (Å²) in [6.07, 6.45) is 0. The number of benzene rings is 1. The van der Waals surface area contributed by atoms with Crippen molar-refractivity contribution in [2.24, 2.45) is 0 Å². The molecule has 0 atom stereocenters. The van der Waals surface area contributed by atoms with Gasteiger partial charge in [0.25, 0.3) is 0 Å². The van der Waals surface area contributed by atoms with Crippen LogP contribution in [0.5, 0.6) is 0 Å². The van der Waals surface area contributed by atoms with Gasteiger partial charge in [-0.1, -0.05) is 0 Å². The Balaban J connectivity index is 1.89. The molecule has 0 aromatic heterocycles. The van der Waals surface area contributed by atoms with E-state index >= 15 is 0 Å². The quantitative estimate of drug-likeness (QED) is 0.436. The van der Waals surface area contributed by atoms with Crippen molar-refractivity contribution in [3.05, 3.63) is 29.8 Å². The molecular formula is C16H20N4O4S. The molecule has 1 heterocycles. The molecule has 2 rings (SSSR count). The zero-order valence-electron chi connectivity index (χ0n) is 14.1. The third-order valence-corrected chi connectivity index (χ3v) is 4.29. The predicted molar refractivity (Wildman–Crippen MR) is 96.2 cm³/mol. The summed E-state index contributed by atoms with van der Waals surface area (Å²) in [6.45, 7) is 2.00. The second kappa shape index (κ2) is 8.43. The normalized spacial score (nSPS) is 13.8. The largest absolute Gasteiger partial charge is 0.465 e. The summed E-state index contributed by atoms with van der Waals surface area (Å²) in [5.74, 6) is -1.77. The first-order valence-electron chi connectivity index (χ1n) is 7.71. The Labute approximate surface area is 151 Å². The van der Waals surface area contributed by atoms with Gasteiger partial charge in [-0.15, -0.1) is 0 Å². The van der Waals surface area contributed by atoms with Gasteiger partial charge in [-0.25, -0.2) is 4.79 Å². The van der Waals surface area contributed by atoms with Crippen molar-refractivity contribution in [1.82, 2.24) is 15.1 Å². The number of ether oxygens (including phenoxy) is 1. The fraction of sp³-hybridized carbons (Fsp3) is 0.375. The molecule has 1 saturated heterocycles. The molecule has 0 unspecified atom stereocenters. The fourth-order valence-corrected chi connectivity index (χ4v) is 2.59. The van der Waals surface area contributed by atoms with Gasteiger partial charge in [-0.3, -0.25) is 9.59 Å². The van der Waals surface area contributed by atoms with Crippen LogP contribution in [0.1, 0.15) is 10.4 Å². The first kappa shape index (κ1) is 18.7. The van der Waals surface area contributed by atoms with Crippen LogP contribution in [0, 0.1) is 0 Å². The maximum Gasteiger partial charge on any atom is 0.337 e. The number of thiocarbonyl (C=S) groups is 1. The molecule has 1 aromatic carbocycles. The highest BCUT2D eigenvalue weighted by atomic mass is 32.1. The topological polar surface area (TPSA) is 91.0 Å². The third kappa shape index (κ3) is 4.66. The van der Waals surface area contributed by atoms with Crippen LogP contribution in [-0.2, 0) is 14.3 Å². The van der Waals surface area contributed by atoms with E-state index in [1.807, 2.05) is 4.90 Å². The Kier molecular flexibility index (Phi) is 6.29. The fourth-order valence-electron chi connectivity index (χ4n) is 2.41. The number of amides is 2. The standard InChI is InChI=1S/C16H20N4O4S/c1-17-16(25)20-9-7-19(8-10-20)14(22)13(21)18-12-5-3-11(4-6-12)15(23)24-2/h3-6H,7-10H2,1-2H3,(H,17,25)(H,18,21). The lowest BCUT2D eigenvalue weighted by Crippen LogP contribution is -2.54. The summed E-state index contributed by atoms with van der Waals surface area (Å²) in [7, 11) is 3.04. The van der Waals surface area contributed by atoms with Crippen molar-refractivity contribution in [3.8, 4) is 0 Å². The summed E-state index contributed by atoms with van der Waals surface area (Å²) in [4.78, 5) is 39.2. The van der Waals surface area contributed by atoms with Crippen LogP contribution in [0.4, 0.5) is 5.69 Å². The maximum atomic E-state index is 12.2. The third-order valence-electron chi connectivity index (χ3n) is 3.83. The zero-order chi connectivity index (χ0) is 18.4. The molecule has 2 amide bonds. The first-order chi connectivity index (χ1) is 12.0. The van der Waals surface area contributed by atoms with Crippen LogP contribution in [0.25, 0.3) is 0 Å². The number of rotatable bonds is 2. The summed E-state index contributed by atoms with van der Waals surface area (Å²) in [6, 6.07) is 6.12. The molecule has 0 bridgehead atoms. The Morgan fingerprint density at radius 2 is 1.60 bits per heavy atom. The van der Waals surface area contributed by atoms with Crippen molar-refractivity contribution in [2.45, 2.75) is 0 Å². The molecule has 0 saturated carbocycles. The lowest BCUT2D eigenvalue weighted by Gasteiger charge is -2.35. The van der Waals surface area contributed by atoms with E-state index < -0.39 is 17.8 Å². The number of carbonyl (C=O) groups is 3. The van der Waals surface area contributed by atoms with Gasteiger partial charge in [0.05, 0.1) is 12.7 Å². The summed E-state index contributed by atoms with van der Waals surface area (Å²) < 4.78 is 4.60. The molecule has 2 N–H and O–H groups in total. The van der Waals surface area contributed by atoms with E-state index in [-0.39, 0.29) is 0 Å². The van der Waals surface area contributed by atoms with Crippen molar-refractivity contribution in [2.75, 3.05) is 45.7 Å². The summed E-state index contributed by atoms with van der Waals surface area (Å²) >= 11 is 5.15. The average molecular weight is 364 g/mol. The second-order valence-corrected chi connectivity index (χ2v) is 5.74. The van der Waals surface area contributed by atoms with Gasteiger partial charge in [0, 0.05) is 38.9 Å². The van der Waals surface area contributed by atoms with Gasteiger partial charge in [0.1, 0.15) is 0 Å². The van der Waals surface area contributed by atoms with Crippen molar-refractivity contribution in [3.63, 3.8) is 0 Å². The van der Waals surface area contributed by atoms with E-state index in [0.717, 1.165) is 0 Å². The molecular weight excluding hydrogens is 344 g/mol.